The number of methoxy groups -OCH3 is 2. The second-order valence-corrected chi connectivity index (χ2v) is 7.64. The first-order chi connectivity index (χ1) is 17.0. The van der Waals surface area contributed by atoms with Crippen molar-refractivity contribution >= 4 is 22.9 Å². The van der Waals surface area contributed by atoms with Crippen molar-refractivity contribution < 1.29 is 13.9 Å². The number of anilines is 3. The van der Waals surface area contributed by atoms with Gasteiger partial charge in [-0.1, -0.05) is 24.3 Å². The van der Waals surface area contributed by atoms with Gasteiger partial charge in [0, 0.05) is 48.5 Å². The minimum absolute atomic E-state index is 0.119. The van der Waals surface area contributed by atoms with Gasteiger partial charge < -0.3 is 19.7 Å². The van der Waals surface area contributed by atoms with E-state index in [9.17, 15) is 4.39 Å². The molecule has 0 unspecified atom stereocenters. The highest BCUT2D eigenvalue weighted by molar-refractivity contribution is 6.12. The molecule has 178 valence electrons. The number of nitrogens with zero attached hydrogens (tertiary/aromatic N) is 4. The first-order valence-electron chi connectivity index (χ1n) is 10.8. The fourth-order valence-electron chi connectivity index (χ4n) is 3.65. The molecule has 2 aromatic heterocycles. The van der Waals surface area contributed by atoms with Gasteiger partial charge >= 0.3 is 0 Å². The van der Waals surface area contributed by atoms with E-state index in [0.29, 0.717) is 28.4 Å². The van der Waals surface area contributed by atoms with Gasteiger partial charge in [0.05, 0.1) is 20.4 Å². The number of hydrogen-bond donors (Lipinski definition) is 2. The normalized spacial score (nSPS) is 10.5. The summed E-state index contributed by atoms with van der Waals surface area (Å²) in [5.74, 6) is 1.20. The van der Waals surface area contributed by atoms with Crippen molar-refractivity contribution in [1.29, 1.82) is 5.41 Å². The van der Waals surface area contributed by atoms with Crippen molar-refractivity contribution in [3.05, 3.63) is 96.0 Å². The second-order valence-electron chi connectivity index (χ2n) is 7.64. The van der Waals surface area contributed by atoms with Crippen molar-refractivity contribution in [1.82, 2.24) is 15.0 Å². The predicted octanol–water partition coefficient (Wildman–Crippen LogP) is 4.82. The number of benzene rings is 2. The number of pyridine rings is 1. The standard InChI is InChI=1S/C26H25FN6O2/c1-33(16-19-20(27)8-6-10-22(19)34-2)21-9-5-4-7-18(21)24(28)26-30-15-23(35-3)25(32-26)31-17-11-13-29-14-12-17/h4-15,28H,16H2,1-3H3,(H,29,30,31,32). The van der Waals surface area contributed by atoms with E-state index >= 15 is 0 Å². The maximum Gasteiger partial charge on any atom is 0.180 e. The molecule has 0 saturated heterocycles. The van der Waals surface area contributed by atoms with E-state index in [1.165, 1.54) is 26.5 Å². The van der Waals surface area contributed by atoms with Crippen LogP contribution < -0.4 is 19.7 Å². The highest BCUT2D eigenvalue weighted by Crippen LogP contribution is 2.29. The van der Waals surface area contributed by atoms with Crippen LogP contribution in [0.2, 0.25) is 0 Å². The molecule has 2 heterocycles. The molecule has 0 spiro atoms. The summed E-state index contributed by atoms with van der Waals surface area (Å²) in [5.41, 5.74) is 2.65. The average Bonchev–Trinajstić information content (AvgIpc) is 2.90. The summed E-state index contributed by atoms with van der Waals surface area (Å²) < 4.78 is 25.3. The molecule has 2 N–H and O–H groups in total. The van der Waals surface area contributed by atoms with Crippen LogP contribution in [0.25, 0.3) is 0 Å². The fraction of sp³-hybridized carbons (Fsp3) is 0.154. The van der Waals surface area contributed by atoms with Crippen molar-refractivity contribution in [3.63, 3.8) is 0 Å². The Morgan fingerprint density at radius 3 is 2.49 bits per heavy atom. The summed E-state index contributed by atoms with van der Waals surface area (Å²) in [6, 6.07) is 15.7. The van der Waals surface area contributed by atoms with Gasteiger partial charge in [-0.05, 0) is 30.3 Å². The Kier molecular flexibility index (Phi) is 7.15. The van der Waals surface area contributed by atoms with Gasteiger partial charge in [-0.3, -0.25) is 10.4 Å². The van der Waals surface area contributed by atoms with E-state index in [4.69, 9.17) is 14.9 Å². The monoisotopic (exact) mass is 472 g/mol. The number of para-hydroxylation sites is 1. The van der Waals surface area contributed by atoms with Crippen molar-refractivity contribution in [2.75, 3.05) is 31.5 Å². The van der Waals surface area contributed by atoms with Gasteiger partial charge in [-0.15, -0.1) is 0 Å². The number of halogens is 1. The van der Waals surface area contributed by atoms with E-state index in [2.05, 4.69) is 20.3 Å². The molecule has 9 heteroatoms. The lowest BCUT2D eigenvalue weighted by molar-refractivity contribution is 0.404. The van der Waals surface area contributed by atoms with Crippen molar-refractivity contribution in [3.8, 4) is 11.5 Å². The summed E-state index contributed by atoms with van der Waals surface area (Å²) in [7, 11) is 4.88. The molecule has 4 aromatic rings. The van der Waals surface area contributed by atoms with E-state index in [0.717, 1.165) is 11.4 Å². The Morgan fingerprint density at radius 2 is 1.74 bits per heavy atom. The molecule has 4 rings (SSSR count). The van der Waals surface area contributed by atoms with Gasteiger partial charge in [0.1, 0.15) is 17.3 Å². The topological polar surface area (TPSA) is 96.2 Å². The summed E-state index contributed by atoms with van der Waals surface area (Å²) in [4.78, 5) is 14.8. The maximum absolute atomic E-state index is 14.5. The number of nitrogens with one attached hydrogen (secondary N) is 2. The zero-order chi connectivity index (χ0) is 24.8. The largest absolute Gasteiger partial charge is 0.496 e. The molecule has 0 aliphatic heterocycles. The van der Waals surface area contributed by atoms with Crippen LogP contribution in [0.15, 0.2) is 73.2 Å². The number of rotatable bonds is 9. The van der Waals surface area contributed by atoms with Gasteiger partial charge in [-0.25, -0.2) is 14.4 Å². The Morgan fingerprint density at radius 1 is 1.00 bits per heavy atom. The lowest BCUT2D eigenvalue weighted by Gasteiger charge is -2.24. The molecule has 35 heavy (non-hydrogen) atoms. The molecule has 0 aliphatic carbocycles. The van der Waals surface area contributed by atoms with Crippen LogP contribution in [0.5, 0.6) is 11.5 Å². The first kappa shape index (κ1) is 23.6. The smallest absolute Gasteiger partial charge is 0.180 e. The Balaban J connectivity index is 1.66. The molecule has 0 saturated carbocycles. The molecule has 0 bridgehead atoms. The zero-order valence-electron chi connectivity index (χ0n) is 19.6. The fourth-order valence-corrected chi connectivity index (χ4v) is 3.65. The van der Waals surface area contributed by atoms with E-state index < -0.39 is 0 Å². The molecule has 0 fully saturated rings. The third kappa shape index (κ3) is 5.19. The van der Waals surface area contributed by atoms with E-state index in [1.807, 2.05) is 36.2 Å². The lowest BCUT2D eigenvalue weighted by Crippen LogP contribution is -2.21. The quantitative estimate of drug-likeness (QED) is 0.337. The molecule has 0 aliphatic rings. The summed E-state index contributed by atoms with van der Waals surface area (Å²) in [6.07, 6.45) is 4.85. The second kappa shape index (κ2) is 10.6. The highest BCUT2D eigenvalue weighted by atomic mass is 19.1. The average molecular weight is 473 g/mol. The summed E-state index contributed by atoms with van der Waals surface area (Å²) in [5, 5.41) is 12.1. The SMILES string of the molecule is COc1cnc(C(=N)c2ccccc2N(C)Cc2c(F)cccc2OC)nc1Nc1ccncc1. The summed E-state index contributed by atoms with van der Waals surface area (Å²) >= 11 is 0. The van der Waals surface area contributed by atoms with Crippen molar-refractivity contribution in [2.24, 2.45) is 0 Å². The maximum atomic E-state index is 14.5. The first-order valence-corrected chi connectivity index (χ1v) is 10.8. The highest BCUT2D eigenvalue weighted by Gasteiger charge is 2.19. The third-order valence-electron chi connectivity index (χ3n) is 5.42. The number of hydrogen-bond acceptors (Lipinski definition) is 8. The van der Waals surface area contributed by atoms with Gasteiger partial charge in [0.15, 0.2) is 17.4 Å². The molecular formula is C26H25FN6O2. The van der Waals surface area contributed by atoms with E-state index in [-0.39, 0.29) is 23.9 Å². The van der Waals surface area contributed by atoms with Crippen LogP contribution in [0, 0.1) is 11.2 Å². The molecule has 2 aromatic carbocycles. The van der Waals surface area contributed by atoms with Crippen LogP contribution in [0.3, 0.4) is 0 Å². The minimum Gasteiger partial charge on any atom is -0.496 e. The van der Waals surface area contributed by atoms with Crippen LogP contribution in [-0.4, -0.2) is 41.9 Å². The molecule has 0 radical (unpaired) electrons. The third-order valence-corrected chi connectivity index (χ3v) is 5.42. The van der Waals surface area contributed by atoms with Crippen LogP contribution in [0.4, 0.5) is 21.6 Å². The lowest BCUT2D eigenvalue weighted by atomic mass is 10.1. The number of ether oxygens (including phenoxy) is 2. The van der Waals surface area contributed by atoms with Crippen LogP contribution in [0.1, 0.15) is 17.0 Å². The minimum atomic E-state index is -0.353. The molecular weight excluding hydrogens is 447 g/mol. The zero-order valence-corrected chi connectivity index (χ0v) is 19.6. The van der Waals surface area contributed by atoms with Crippen molar-refractivity contribution in [2.45, 2.75) is 6.54 Å². The molecule has 0 atom stereocenters. The molecule has 0 amide bonds. The van der Waals surface area contributed by atoms with Crippen LogP contribution in [-0.2, 0) is 6.54 Å². The molecule has 8 nitrogen and oxygen atoms in total. The van der Waals surface area contributed by atoms with Gasteiger partial charge in [-0.2, -0.15) is 0 Å². The van der Waals surface area contributed by atoms with Gasteiger partial charge in [0.25, 0.3) is 0 Å². The van der Waals surface area contributed by atoms with Gasteiger partial charge in [0.2, 0.25) is 0 Å². The Labute approximate surface area is 202 Å². The van der Waals surface area contributed by atoms with E-state index in [1.54, 1.807) is 36.7 Å². The Hall–Kier alpha value is -4.53. The predicted molar refractivity (Wildman–Crippen MR) is 134 cm³/mol. The number of aromatic nitrogens is 3. The Bertz CT molecular complexity index is 1330. The van der Waals surface area contributed by atoms with Crippen LogP contribution >= 0.6 is 0 Å². The summed E-state index contributed by atoms with van der Waals surface area (Å²) in [6.45, 7) is 0.248.